The van der Waals surface area contributed by atoms with Crippen LogP contribution in [0.3, 0.4) is 0 Å². The van der Waals surface area contributed by atoms with Crippen molar-refractivity contribution in [2.75, 3.05) is 81.7 Å². The van der Waals surface area contributed by atoms with E-state index < -0.39 is 16.9 Å². The van der Waals surface area contributed by atoms with E-state index in [0.717, 1.165) is 212 Å². The minimum Gasteiger partial charge on any atom is -0.496 e. The highest BCUT2D eigenvalue weighted by atomic mass is 16.5. The lowest BCUT2D eigenvalue weighted by Crippen LogP contribution is -2.35. The maximum atomic E-state index is 13.1. The highest BCUT2D eigenvalue weighted by Gasteiger charge is 2.26. The number of methoxy groups -OCH3 is 3. The van der Waals surface area contributed by atoms with Gasteiger partial charge in [0.1, 0.15) is 86.9 Å². The van der Waals surface area contributed by atoms with Crippen molar-refractivity contribution in [2.45, 2.75) is 137 Å². The number of hydrogen-bond acceptors (Lipinski definition) is 18. The largest absolute Gasteiger partial charge is 0.496 e. The minimum absolute atomic E-state index is 0.0109. The van der Waals surface area contributed by atoms with E-state index in [1.807, 2.05) is 187 Å². The van der Waals surface area contributed by atoms with Crippen molar-refractivity contribution in [2.24, 2.45) is 0 Å². The van der Waals surface area contributed by atoms with Crippen molar-refractivity contribution in [3.05, 3.63) is 280 Å². The van der Waals surface area contributed by atoms with E-state index in [4.69, 9.17) is 41.7 Å². The number of ether oxygens (including phenoxy) is 6. The average Bonchev–Trinajstić information content (AvgIpc) is 0.787. The first-order chi connectivity index (χ1) is 56.4. The number of piperidine rings is 3. The second kappa shape index (κ2) is 37.9. The van der Waals surface area contributed by atoms with Gasteiger partial charge in [0, 0.05) is 144 Å². The molecule has 18 heteroatoms. The summed E-state index contributed by atoms with van der Waals surface area (Å²) in [6.45, 7) is 17.9. The van der Waals surface area contributed by atoms with Gasteiger partial charge in [-0.05, 0) is 226 Å². The molecule has 15 rings (SSSR count). The molecule has 0 atom stereocenters. The van der Waals surface area contributed by atoms with E-state index in [2.05, 4.69) is 54.0 Å². The predicted octanol–water partition coefficient (Wildman–Crippen LogP) is 17.7. The fourth-order valence-corrected chi connectivity index (χ4v) is 15.9. The lowest BCUT2D eigenvalue weighted by atomic mass is 9.97. The van der Waals surface area contributed by atoms with Gasteiger partial charge in [0.15, 0.2) is 0 Å². The molecule has 117 heavy (non-hydrogen) atoms. The van der Waals surface area contributed by atoms with Crippen LogP contribution in [0.25, 0.3) is 66.3 Å². The molecule has 3 aliphatic rings. The van der Waals surface area contributed by atoms with E-state index >= 15 is 0 Å². The summed E-state index contributed by atoms with van der Waals surface area (Å²) in [5.41, 5.74) is 15.6. The van der Waals surface area contributed by atoms with Crippen molar-refractivity contribution in [1.29, 1.82) is 0 Å². The fourth-order valence-electron chi connectivity index (χ4n) is 15.9. The number of ketones is 3. The normalized spacial score (nSPS) is 14.5. The first-order valence-electron chi connectivity index (χ1n) is 40.4. The van der Waals surface area contributed by atoms with E-state index in [1.54, 1.807) is 39.5 Å². The summed E-state index contributed by atoms with van der Waals surface area (Å²) in [5.74, 6) is 4.32. The molecule has 12 aromatic rings. The van der Waals surface area contributed by atoms with Crippen molar-refractivity contribution in [1.82, 2.24) is 14.7 Å². The van der Waals surface area contributed by atoms with Gasteiger partial charge in [-0.25, -0.2) is 14.4 Å². The Morgan fingerprint density at radius 2 is 0.581 bits per heavy atom. The number of rotatable bonds is 24. The highest BCUT2D eigenvalue weighted by molar-refractivity contribution is 5.90. The molecule has 0 spiro atoms. The fraction of sp³-hybridized carbons (Fsp3) is 0.333. The number of hydrogen-bond donors (Lipinski definition) is 0. The van der Waals surface area contributed by atoms with Gasteiger partial charge in [0.2, 0.25) is 0 Å². The molecule has 3 fully saturated rings. The third-order valence-electron chi connectivity index (χ3n) is 22.5. The van der Waals surface area contributed by atoms with Crippen molar-refractivity contribution in [3.8, 4) is 67.9 Å². The molecule has 0 bridgehead atoms. The number of carbonyl (C=O) groups is 3. The van der Waals surface area contributed by atoms with Crippen LogP contribution in [-0.4, -0.2) is 132 Å². The van der Waals surface area contributed by atoms with Crippen molar-refractivity contribution in [3.63, 3.8) is 0 Å². The standard InChI is InChI=1S/3C33H35NO5/c3*1-21-6-5-7-24(16-21)29-18-23(8-10-31(29)37-4)17-27(35)20-26-19-25-9-11-30(22(2)32(25)39-33(26)36)38-28-12-14-34(3)15-13-28/h3*5-11,16,18-19,28H,12-15,17,20H2,1-4H3. The summed E-state index contributed by atoms with van der Waals surface area (Å²) < 4.78 is 52.7. The van der Waals surface area contributed by atoms with Gasteiger partial charge in [-0.3, -0.25) is 14.4 Å². The van der Waals surface area contributed by atoms with Crippen LogP contribution in [0.15, 0.2) is 210 Å². The summed E-state index contributed by atoms with van der Waals surface area (Å²) in [7, 11) is 11.3. The molecule has 606 valence electrons. The summed E-state index contributed by atoms with van der Waals surface area (Å²) in [6.07, 6.45) is 6.97. The van der Waals surface area contributed by atoms with Crippen LogP contribution in [-0.2, 0) is 52.9 Å². The van der Waals surface area contributed by atoms with Crippen LogP contribution < -0.4 is 45.3 Å². The number of likely N-dealkylation sites (tertiary alicyclic amines) is 3. The SMILES string of the molecule is COc1ccc(CC(=O)Cc2cc3ccc(OC4CCN(C)CC4)c(C)c3oc2=O)cc1-c1cccc(C)c1.COc1ccc(CC(=O)Cc2cc3ccc(OC4CCN(C)CC4)c(C)c3oc2=O)cc1-c1cccc(C)c1.COc1ccc(CC(=O)Cc2cc3ccc(OC4CCN(C)CC4)c(C)c3oc2=O)cc1-c1cccc(C)c1. The van der Waals surface area contributed by atoms with Crippen molar-refractivity contribution >= 4 is 50.3 Å². The molecule has 0 N–H and O–H groups in total. The zero-order valence-corrected chi connectivity index (χ0v) is 69.2. The second-order valence-corrected chi connectivity index (χ2v) is 31.7. The van der Waals surface area contributed by atoms with E-state index in [0.29, 0.717) is 33.4 Å². The number of nitrogens with zero attached hydrogens (tertiary/aromatic N) is 3. The molecule has 6 heterocycles. The number of aryl methyl sites for hydroxylation is 6. The van der Waals surface area contributed by atoms with Crippen LogP contribution in [0.1, 0.15) is 105 Å². The van der Waals surface area contributed by atoms with Gasteiger partial charge in [-0.2, -0.15) is 0 Å². The molecule has 3 saturated heterocycles. The predicted molar refractivity (Wildman–Crippen MR) is 462 cm³/mol. The molecule has 0 unspecified atom stereocenters. The Hall–Kier alpha value is -11.7. The summed E-state index contributed by atoms with van der Waals surface area (Å²) in [6, 6.07) is 58.7. The molecule has 0 aliphatic carbocycles. The van der Waals surface area contributed by atoms with Crippen LogP contribution in [0.2, 0.25) is 0 Å². The topological polar surface area (TPSA) is 207 Å². The Morgan fingerprint density at radius 3 is 0.829 bits per heavy atom. The molecule has 0 amide bonds. The highest BCUT2D eigenvalue weighted by Crippen LogP contribution is 2.38. The third kappa shape index (κ3) is 20.9. The summed E-state index contributed by atoms with van der Waals surface area (Å²) in [4.78, 5) is 84.7. The molecule has 18 nitrogen and oxygen atoms in total. The van der Waals surface area contributed by atoms with Gasteiger partial charge in [-0.15, -0.1) is 0 Å². The van der Waals surface area contributed by atoms with Crippen molar-refractivity contribution < 1.29 is 56.1 Å². The number of carbonyl (C=O) groups excluding carboxylic acids is 3. The number of Topliss-reactive ketones (excluding diaryl/α,β-unsaturated/α-hetero) is 3. The number of fused-ring (bicyclic) bond motifs is 3. The minimum atomic E-state index is -0.481. The molecular formula is C99H105N3O15. The Bertz CT molecular complexity index is 5250. The molecule has 0 saturated carbocycles. The first kappa shape index (κ1) is 83.3. The zero-order chi connectivity index (χ0) is 82.6. The van der Waals surface area contributed by atoms with Gasteiger partial charge in [-0.1, -0.05) is 108 Å². The summed E-state index contributed by atoms with van der Waals surface area (Å²) >= 11 is 0. The smallest absolute Gasteiger partial charge is 0.339 e. The Kier molecular flexibility index (Phi) is 27.0. The lowest BCUT2D eigenvalue weighted by molar-refractivity contribution is -0.118. The lowest BCUT2D eigenvalue weighted by Gasteiger charge is -2.29. The number of benzene rings is 9. The zero-order valence-electron chi connectivity index (χ0n) is 69.2. The van der Waals surface area contributed by atoms with Crippen LogP contribution in [0.4, 0.5) is 0 Å². The molecule has 3 aliphatic heterocycles. The summed E-state index contributed by atoms with van der Waals surface area (Å²) in [5, 5.41) is 2.37. The van der Waals surface area contributed by atoms with Crippen LogP contribution in [0.5, 0.6) is 34.5 Å². The van der Waals surface area contributed by atoms with Gasteiger partial charge in [0.05, 0.1) is 21.3 Å². The Morgan fingerprint density at radius 1 is 0.325 bits per heavy atom. The van der Waals surface area contributed by atoms with Crippen LogP contribution in [0, 0.1) is 41.5 Å². The molecule has 0 radical (unpaired) electrons. The Balaban J connectivity index is 0.000000152. The molecule has 3 aromatic heterocycles. The average molecular weight is 1580 g/mol. The van der Waals surface area contributed by atoms with E-state index in [9.17, 15) is 28.8 Å². The van der Waals surface area contributed by atoms with E-state index in [-0.39, 0.29) is 74.2 Å². The maximum Gasteiger partial charge on any atom is 0.339 e. The van der Waals surface area contributed by atoms with E-state index in [1.165, 1.54) is 0 Å². The molecule has 9 aromatic carbocycles. The van der Waals surface area contributed by atoms with Gasteiger partial charge >= 0.3 is 16.9 Å². The second-order valence-electron chi connectivity index (χ2n) is 31.7. The molecular weight excluding hydrogens is 1470 g/mol. The quantitative estimate of drug-likeness (QED) is 0.0515. The monoisotopic (exact) mass is 1580 g/mol. The van der Waals surface area contributed by atoms with Crippen LogP contribution >= 0.6 is 0 Å². The Labute approximate surface area is 683 Å². The third-order valence-corrected chi connectivity index (χ3v) is 22.5. The maximum absolute atomic E-state index is 13.1. The van der Waals surface area contributed by atoms with Gasteiger partial charge in [0.25, 0.3) is 0 Å². The van der Waals surface area contributed by atoms with Gasteiger partial charge < -0.3 is 56.4 Å². The first-order valence-corrected chi connectivity index (χ1v) is 40.4.